The number of sulfonamides is 1. The van der Waals surface area contributed by atoms with Gasteiger partial charge in [-0.3, -0.25) is 13.9 Å². The normalized spacial score (nSPS) is 14.9. The number of anilines is 1. The molecule has 3 rings (SSSR count). The van der Waals surface area contributed by atoms with Crippen LogP contribution >= 0.6 is 0 Å². The van der Waals surface area contributed by atoms with Crippen LogP contribution in [0, 0.1) is 6.92 Å². The number of nitrogens with one attached hydrogen (secondary N) is 1. The third kappa shape index (κ3) is 7.21. The van der Waals surface area contributed by atoms with Crippen molar-refractivity contribution in [2.75, 3.05) is 24.2 Å². The second-order valence-electron chi connectivity index (χ2n) is 9.14. The highest BCUT2D eigenvalue weighted by Gasteiger charge is 2.31. The van der Waals surface area contributed by atoms with Crippen LogP contribution in [-0.2, 0) is 26.2 Å². The quantitative estimate of drug-likeness (QED) is 0.539. The first-order chi connectivity index (χ1) is 16.6. The summed E-state index contributed by atoms with van der Waals surface area (Å²) in [5, 5.41) is 3.06. The number of carbonyl (C=O) groups is 2. The highest BCUT2D eigenvalue weighted by molar-refractivity contribution is 7.92. The van der Waals surface area contributed by atoms with E-state index >= 15 is 0 Å². The first-order valence-electron chi connectivity index (χ1n) is 11.9. The fourth-order valence-electron chi connectivity index (χ4n) is 4.23. The van der Waals surface area contributed by atoms with E-state index in [-0.39, 0.29) is 18.5 Å². The molecule has 1 atom stereocenters. The number of nitrogens with zero attached hydrogens (tertiary/aromatic N) is 2. The molecule has 0 unspecified atom stereocenters. The van der Waals surface area contributed by atoms with Crippen LogP contribution in [0.15, 0.2) is 48.5 Å². The van der Waals surface area contributed by atoms with Crippen LogP contribution in [0.2, 0.25) is 0 Å². The van der Waals surface area contributed by atoms with Gasteiger partial charge < -0.3 is 15.0 Å². The minimum Gasteiger partial charge on any atom is -0.497 e. The monoisotopic (exact) mass is 501 g/mol. The summed E-state index contributed by atoms with van der Waals surface area (Å²) < 4.78 is 31.4. The van der Waals surface area contributed by atoms with Gasteiger partial charge in [0, 0.05) is 12.6 Å². The molecule has 0 radical (unpaired) electrons. The number of methoxy groups -OCH3 is 1. The SMILES string of the molecule is COc1ccc(N(CC(=O)N(Cc2ccc(C)cc2)[C@H](C)C(=O)NC2CCCC2)S(C)(=O)=O)cc1. The Kier molecular flexibility index (Phi) is 8.77. The van der Waals surface area contributed by atoms with E-state index in [4.69, 9.17) is 4.74 Å². The van der Waals surface area contributed by atoms with Gasteiger partial charge in [-0.1, -0.05) is 42.7 Å². The molecule has 0 aliphatic heterocycles. The maximum Gasteiger partial charge on any atom is 0.244 e. The Balaban J connectivity index is 1.86. The average Bonchev–Trinajstić information content (AvgIpc) is 3.34. The van der Waals surface area contributed by atoms with Crippen molar-refractivity contribution in [3.8, 4) is 5.75 Å². The Morgan fingerprint density at radius 2 is 1.66 bits per heavy atom. The van der Waals surface area contributed by atoms with E-state index < -0.39 is 28.5 Å². The Hall–Kier alpha value is -3.07. The van der Waals surface area contributed by atoms with Crippen molar-refractivity contribution in [1.29, 1.82) is 0 Å². The van der Waals surface area contributed by atoms with Gasteiger partial charge in [-0.05, 0) is 56.5 Å². The predicted octanol–water partition coefficient (Wildman–Crippen LogP) is 3.25. The molecule has 0 aromatic heterocycles. The number of aryl methyl sites for hydroxylation is 1. The summed E-state index contributed by atoms with van der Waals surface area (Å²) in [7, 11) is -2.24. The molecule has 1 N–H and O–H groups in total. The third-order valence-corrected chi connectivity index (χ3v) is 7.52. The molecular formula is C26H35N3O5S. The lowest BCUT2D eigenvalue weighted by Gasteiger charge is -2.32. The van der Waals surface area contributed by atoms with Crippen LogP contribution in [0.25, 0.3) is 0 Å². The second-order valence-corrected chi connectivity index (χ2v) is 11.0. The summed E-state index contributed by atoms with van der Waals surface area (Å²) in [5.74, 6) is -0.111. The molecule has 0 spiro atoms. The molecule has 35 heavy (non-hydrogen) atoms. The molecule has 2 amide bonds. The molecule has 0 saturated heterocycles. The number of carbonyl (C=O) groups excluding carboxylic acids is 2. The lowest BCUT2D eigenvalue weighted by molar-refractivity contribution is -0.139. The molecule has 1 aliphatic carbocycles. The topological polar surface area (TPSA) is 96.0 Å². The number of hydrogen-bond acceptors (Lipinski definition) is 5. The van der Waals surface area contributed by atoms with Crippen molar-refractivity contribution in [1.82, 2.24) is 10.2 Å². The van der Waals surface area contributed by atoms with Crippen molar-refractivity contribution >= 4 is 27.5 Å². The molecule has 9 heteroatoms. The summed E-state index contributed by atoms with van der Waals surface area (Å²) in [6.07, 6.45) is 5.09. The van der Waals surface area contributed by atoms with Crippen LogP contribution < -0.4 is 14.4 Å². The zero-order chi connectivity index (χ0) is 25.6. The number of ether oxygens (including phenoxy) is 1. The van der Waals surface area contributed by atoms with Crippen LogP contribution in [0.4, 0.5) is 5.69 Å². The van der Waals surface area contributed by atoms with Gasteiger partial charge in [0.05, 0.1) is 19.1 Å². The lowest BCUT2D eigenvalue weighted by Crippen LogP contribution is -2.52. The van der Waals surface area contributed by atoms with Crippen molar-refractivity contribution in [3.63, 3.8) is 0 Å². The van der Waals surface area contributed by atoms with Gasteiger partial charge in [0.2, 0.25) is 21.8 Å². The number of rotatable bonds is 10. The molecule has 0 bridgehead atoms. The summed E-state index contributed by atoms with van der Waals surface area (Å²) in [5.41, 5.74) is 2.29. The second kappa shape index (κ2) is 11.6. The smallest absolute Gasteiger partial charge is 0.244 e. The molecule has 1 aliphatic rings. The van der Waals surface area contributed by atoms with Crippen LogP contribution in [-0.4, -0.2) is 57.1 Å². The molecule has 2 aromatic carbocycles. The van der Waals surface area contributed by atoms with Crippen LogP contribution in [0.5, 0.6) is 5.75 Å². The van der Waals surface area contributed by atoms with E-state index in [1.807, 2.05) is 31.2 Å². The van der Waals surface area contributed by atoms with Crippen LogP contribution in [0.1, 0.15) is 43.7 Å². The largest absolute Gasteiger partial charge is 0.497 e. The fraction of sp³-hybridized carbons (Fsp3) is 0.462. The highest BCUT2D eigenvalue weighted by Crippen LogP contribution is 2.23. The fourth-order valence-corrected chi connectivity index (χ4v) is 5.08. The van der Waals surface area contributed by atoms with E-state index in [0.29, 0.717) is 11.4 Å². The summed E-state index contributed by atoms with van der Waals surface area (Å²) in [6, 6.07) is 13.5. The van der Waals surface area contributed by atoms with E-state index in [9.17, 15) is 18.0 Å². The standard InChI is InChI=1S/C26H35N3O5S/c1-19-9-11-21(12-10-19)17-28(20(2)26(31)27-22-7-5-6-8-22)25(30)18-29(35(4,32)33)23-13-15-24(34-3)16-14-23/h9-16,20,22H,5-8,17-18H2,1-4H3,(H,27,31)/t20-/m1/s1. The first-order valence-corrected chi connectivity index (χ1v) is 13.7. The lowest BCUT2D eigenvalue weighted by atomic mass is 10.1. The summed E-state index contributed by atoms with van der Waals surface area (Å²) in [4.78, 5) is 28.1. The van der Waals surface area contributed by atoms with Gasteiger partial charge in [0.25, 0.3) is 0 Å². The zero-order valence-corrected chi connectivity index (χ0v) is 21.7. The third-order valence-electron chi connectivity index (χ3n) is 6.38. The molecule has 190 valence electrons. The molecule has 1 fully saturated rings. The Labute approximate surface area is 208 Å². The minimum absolute atomic E-state index is 0.119. The maximum absolute atomic E-state index is 13.6. The van der Waals surface area contributed by atoms with Crippen molar-refractivity contribution in [3.05, 3.63) is 59.7 Å². The number of hydrogen-bond donors (Lipinski definition) is 1. The highest BCUT2D eigenvalue weighted by atomic mass is 32.2. The summed E-state index contributed by atoms with van der Waals surface area (Å²) in [6.45, 7) is 3.44. The van der Waals surface area contributed by atoms with Gasteiger partial charge in [-0.2, -0.15) is 0 Å². The Bertz CT molecular complexity index is 1110. The average molecular weight is 502 g/mol. The van der Waals surface area contributed by atoms with Crippen molar-refractivity contribution in [2.24, 2.45) is 0 Å². The Morgan fingerprint density at radius 3 is 2.20 bits per heavy atom. The van der Waals surface area contributed by atoms with Gasteiger partial charge in [-0.25, -0.2) is 8.42 Å². The van der Waals surface area contributed by atoms with E-state index in [1.165, 1.54) is 12.0 Å². The van der Waals surface area contributed by atoms with E-state index in [1.54, 1.807) is 31.2 Å². The minimum atomic E-state index is -3.76. The van der Waals surface area contributed by atoms with E-state index in [2.05, 4.69) is 5.32 Å². The van der Waals surface area contributed by atoms with Gasteiger partial charge in [0.15, 0.2) is 0 Å². The molecule has 8 nitrogen and oxygen atoms in total. The molecule has 2 aromatic rings. The maximum atomic E-state index is 13.6. The van der Waals surface area contributed by atoms with Gasteiger partial charge >= 0.3 is 0 Å². The van der Waals surface area contributed by atoms with Crippen molar-refractivity contribution < 1.29 is 22.7 Å². The van der Waals surface area contributed by atoms with Gasteiger partial charge in [0.1, 0.15) is 18.3 Å². The number of benzene rings is 2. The molecule has 1 saturated carbocycles. The summed E-state index contributed by atoms with van der Waals surface area (Å²) >= 11 is 0. The van der Waals surface area contributed by atoms with E-state index in [0.717, 1.165) is 47.4 Å². The molecular weight excluding hydrogens is 466 g/mol. The first kappa shape index (κ1) is 26.5. The Morgan fingerprint density at radius 1 is 1.06 bits per heavy atom. The van der Waals surface area contributed by atoms with Gasteiger partial charge in [-0.15, -0.1) is 0 Å². The molecule has 0 heterocycles. The zero-order valence-electron chi connectivity index (χ0n) is 20.9. The number of amides is 2. The van der Waals surface area contributed by atoms with Crippen molar-refractivity contribution in [2.45, 2.75) is 58.2 Å². The predicted molar refractivity (Wildman–Crippen MR) is 137 cm³/mol. The van der Waals surface area contributed by atoms with Crippen LogP contribution in [0.3, 0.4) is 0 Å².